The number of hydrogen-bond donors (Lipinski definition) is 3. The molecule has 1 saturated carbocycles. The van der Waals surface area contributed by atoms with Crippen LogP contribution in [0.25, 0.3) is 0 Å². The molecule has 1 aliphatic carbocycles. The molecule has 1 aromatic carbocycles. The molecule has 1 fully saturated rings. The number of carbonyl (C=O) groups excluding carboxylic acids is 1. The summed E-state index contributed by atoms with van der Waals surface area (Å²) in [5.74, 6) is 0.294. The molecule has 0 radical (unpaired) electrons. The number of hydrazine groups is 1. The molecule has 3 N–H and O–H groups in total. The molecule has 0 aromatic heterocycles. The SMILES string of the molecule is C=CC1CC(C(=O)NNC(=S)NC)(c2cccc(Br)c2)C1. The normalized spacial score (nSPS) is 23.6. The van der Waals surface area contributed by atoms with Gasteiger partial charge in [0.05, 0.1) is 5.41 Å². The highest BCUT2D eigenvalue weighted by molar-refractivity contribution is 9.10. The van der Waals surface area contributed by atoms with Crippen molar-refractivity contribution in [2.75, 3.05) is 7.05 Å². The molecule has 1 aromatic rings. The summed E-state index contributed by atoms with van der Waals surface area (Å²) in [6.07, 6.45) is 3.43. The van der Waals surface area contributed by atoms with Crippen molar-refractivity contribution in [2.24, 2.45) is 5.92 Å². The highest BCUT2D eigenvalue weighted by atomic mass is 79.9. The zero-order valence-electron chi connectivity index (χ0n) is 11.8. The summed E-state index contributed by atoms with van der Waals surface area (Å²) in [6.45, 7) is 3.82. The number of thiocarbonyl (C=S) groups is 1. The summed E-state index contributed by atoms with van der Waals surface area (Å²) < 4.78 is 0.966. The largest absolute Gasteiger partial charge is 0.364 e. The van der Waals surface area contributed by atoms with Crippen LogP contribution in [0.3, 0.4) is 0 Å². The third kappa shape index (κ3) is 3.27. The van der Waals surface area contributed by atoms with Gasteiger partial charge >= 0.3 is 0 Å². The summed E-state index contributed by atoms with van der Waals surface area (Å²) in [6, 6.07) is 7.88. The van der Waals surface area contributed by atoms with Crippen molar-refractivity contribution in [3.8, 4) is 0 Å². The third-order valence-corrected chi connectivity index (χ3v) is 4.68. The molecular weight excluding hydrogens is 350 g/mol. The maximum Gasteiger partial charge on any atom is 0.249 e. The van der Waals surface area contributed by atoms with E-state index in [0.717, 1.165) is 22.9 Å². The van der Waals surface area contributed by atoms with Crippen molar-refractivity contribution in [1.82, 2.24) is 16.2 Å². The molecule has 0 heterocycles. The zero-order valence-corrected chi connectivity index (χ0v) is 14.2. The second-order valence-electron chi connectivity index (χ2n) is 5.15. The van der Waals surface area contributed by atoms with Crippen molar-refractivity contribution in [3.05, 3.63) is 47.0 Å². The maximum absolute atomic E-state index is 12.6. The van der Waals surface area contributed by atoms with Crippen molar-refractivity contribution in [1.29, 1.82) is 0 Å². The number of hydrogen-bond acceptors (Lipinski definition) is 2. The smallest absolute Gasteiger partial charge is 0.249 e. The lowest BCUT2D eigenvalue weighted by molar-refractivity contribution is -0.131. The summed E-state index contributed by atoms with van der Waals surface area (Å²) in [5, 5.41) is 3.14. The van der Waals surface area contributed by atoms with Gasteiger partial charge in [-0.05, 0) is 48.7 Å². The molecule has 0 saturated heterocycles. The molecule has 0 aliphatic heterocycles. The van der Waals surface area contributed by atoms with E-state index in [9.17, 15) is 4.79 Å². The number of carbonyl (C=O) groups is 1. The molecule has 0 unspecified atom stereocenters. The van der Waals surface area contributed by atoms with E-state index < -0.39 is 5.41 Å². The van der Waals surface area contributed by atoms with Crippen molar-refractivity contribution >= 4 is 39.2 Å². The number of rotatable bonds is 3. The van der Waals surface area contributed by atoms with Gasteiger partial charge in [-0.2, -0.15) is 0 Å². The van der Waals surface area contributed by atoms with Gasteiger partial charge in [0.15, 0.2) is 5.11 Å². The van der Waals surface area contributed by atoms with Gasteiger partial charge in [-0.3, -0.25) is 15.6 Å². The van der Waals surface area contributed by atoms with Crippen LogP contribution < -0.4 is 16.2 Å². The number of nitrogens with one attached hydrogen (secondary N) is 3. The lowest BCUT2D eigenvalue weighted by Crippen LogP contribution is -2.57. The quantitative estimate of drug-likeness (QED) is 0.436. The van der Waals surface area contributed by atoms with Crippen LogP contribution in [-0.4, -0.2) is 18.1 Å². The van der Waals surface area contributed by atoms with E-state index in [1.807, 2.05) is 30.3 Å². The van der Waals surface area contributed by atoms with Gasteiger partial charge in [0.1, 0.15) is 0 Å². The Morgan fingerprint density at radius 3 is 2.76 bits per heavy atom. The van der Waals surface area contributed by atoms with E-state index in [1.165, 1.54) is 0 Å². The van der Waals surface area contributed by atoms with Gasteiger partial charge < -0.3 is 5.32 Å². The Balaban J connectivity index is 2.20. The average Bonchev–Trinajstić information content (AvgIpc) is 2.44. The predicted octanol–water partition coefficient (Wildman–Crippen LogP) is 2.41. The van der Waals surface area contributed by atoms with Crippen LogP contribution in [0.15, 0.2) is 41.4 Å². The predicted molar refractivity (Wildman–Crippen MR) is 91.7 cm³/mol. The fourth-order valence-electron chi connectivity index (χ4n) is 2.64. The van der Waals surface area contributed by atoms with Crippen LogP contribution in [0.4, 0.5) is 0 Å². The topological polar surface area (TPSA) is 53.2 Å². The van der Waals surface area contributed by atoms with Gasteiger partial charge in [-0.25, -0.2) is 0 Å². The standard InChI is InChI=1S/C15H18BrN3OS/c1-3-10-8-15(9-10,11-5-4-6-12(16)7-11)13(20)18-19-14(21)17-2/h3-7,10H,1,8-9H2,2H3,(H,18,20)(H2,17,19,21). The van der Waals surface area contributed by atoms with E-state index >= 15 is 0 Å². The number of amides is 1. The Bertz CT molecular complexity index is 570. The first-order valence-electron chi connectivity index (χ1n) is 6.68. The molecule has 1 aliphatic rings. The van der Waals surface area contributed by atoms with Crippen LogP contribution >= 0.6 is 28.1 Å². The van der Waals surface area contributed by atoms with Crippen molar-refractivity contribution in [2.45, 2.75) is 18.3 Å². The van der Waals surface area contributed by atoms with Crippen LogP contribution in [0, 0.1) is 5.92 Å². The minimum atomic E-state index is -0.529. The average molecular weight is 368 g/mol. The van der Waals surface area contributed by atoms with Crippen LogP contribution in [0.1, 0.15) is 18.4 Å². The van der Waals surface area contributed by atoms with Gasteiger partial charge in [-0.1, -0.05) is 34.1 Å². The fourth-order valence-corrected chi connectivity index (χ4v) is 3.09. The van der Waals surface area contributed by atoms with Gasteiger partial charge in [0.2, 0.25) is 5.91 Å². The first-order chi connectivity index (χ1) is 10.0. The number of allylic oxidation sites excluding steroid dienone is 1. The highest BCUT2D eigenvalue weighted by Gasteiger charge is 2.50. The van der Waals surface area contributed by atoms with Gasteiger partial charge in [0.25, 0.3) is 0 Å². The van der Waals surface area contributed by atoms with Crippen molar-refractivity contribution < 1.29 is 4.79 Å². The van der Waals surface area contributed by atoms with Crippen molar-refractivity contribution in [3.63, 3.8) is 0 Å². The van der Waals surface area contributed by atoms with E-state index in [-0.39, 0.29) is 5.91 Å². The minimum Gasteiger partial charge on any atom is -0.364 e. The molecule has 2 rings (SSSR count). The van der Waals surface area contributed by atoms with E-state index in [0.29, 0.717) is 11.0 Å². The first kappa shape index (κ1) is 16.0. The van der Waals surface area contributed by atoms with E-state index in [4.69, 9.17) is 12.2 Å². The Morgan fingerprint density at radius 1 is 1.48 bits per heavy atom. The Hall–Kier alpha value is -1.40. The molecule has 4 nitrogen and oxygen atoms in total. The van der Waals surface area contributed by atoms with Gasteiger partial charge in [0, 0.05) is 11.5 Å². The summed E-state index contributed by atoms with van der Waals surface area (Å²) in [5.41, 5.74) is 5.88. The summed E-state index contributed by atoms with van der Waals surface area (Å²) in [7, 11) is 1.70. The monoisotopic (exact) mass is 367 g/mol. The Labute approximate surface area is 138 Å². The molecule has 0 bridgehead atoms. The van der Waals surface area contributed by atoms with E-state index in [2.05, 4.69) is 38.7 Å². The second-order valence-corrected chi connectivity index (χ2v) is 6.48. The highest BCUT2D eigenvalue weighted by Crippen LogP contribution is 2.48. The van der Waals surface area contributed by atoms with E-state index in [1.54, 1.807) is 7.05 Å². The minimum absolute atomic E-state index is 0.0729. The summed E-state index contributed by atoms with van der Waals surface area (Å²) in [4.78, 5) is 12.6. The third-order valence-electron chi connectivity index (χ3n) is 3.88. The molecule has 21 heavy (non-hydrogen) atoms. The Kier molecular flexibility index (Phi) is 5.00. The van der Waals surface area contributed by atoms with Crippen LogP contribution in [0.5, 0.6) is 0 Å². The fraction of sp³-hybridized carbons (Fsp3) is 0.333. The lowest BCUT2D eigenvalue weighted by Gasteiger charge is -2.45. The number of halogens is 1. The molecule has 0 spiro atoms. The maximum atomic E-state index is 12.6. The first-order valence-corrected chi connectivity index (χ1v) is 7.89. The van der Waals surface area contributed by atoms with Crippen LogP contribution in [-0.2, 0) is 10.2 Å². The Morgan fingerprint density at radius 2 is 2.19 bits per heavy atom. The number of benzene rings is 1. The molecule has 0 atom stereocenters. The molecule has 1 amide bonds. The van der Waals surface area contributed by atoms with Crippen LogP contribution in [0.2, 0.25) is 0 Å². The van der Waals surface area contributed by atoms with Gasteiger partial charge in [-0.15, -0.1) is 6.58 Å². The molecular formula is C15H18BrN3OS. The molecule has 112 valence electrons. The zero-order chi connectivity index (χ0) is 15.5. The molecule has 6 heteroatoms. The summed E-state index contributed by atoms with van der Waals surface area (Å²) >= 11 is 8.44. The second kappa shape index (κ2) is 6.58. The lowest BCUT2D eigenvalue weighted by atomic mass is 9.58.